The van der Waals surface area contributed by atoms with E-state index in [-0.39, 0.29) is 17.6 Å². The Hall–Kier alpha value is -0.610. The van der Waals surface area contributed by atoms with E-state index < -0.39 is 0 Å². The third-order valence-corrected chi connectivity index (χ3v) is 3.96. The van der Waals surface area contributed by atoms with Crippen molar-refractivity contribution in [3.8, 4) is 0 Å². The molecule has 16 heavy (non-hydrogen) atoms. The molecule has 2 unspecified atom stereocenters. The zero-order valence-electron chi connectivity index (χ0n) is 10.00. The lowest BCUT2D eigenvalue weighted by atomic mass is 9.75. The van der Waals surface area contributed by atoms with Crippen molar-refractivity contribution < 1.29 is 9.53 Å². The van der Waals surface area contributed by atoms with Crippen molar-refractivity contribution in [2.45, 2.75) is 50.7 Å². The third-order valence-electron chi connectivity index (χ3n) is 3.96. The Morgan fingerprint density at radius 2 is 2.31 bits per heavy atom. The molecule has 1 saturated carbocycles. The maximum Gasteiger partial charge on any atom is 0.221 e. The number of amides is 1. The van der Waals surface area contributed by atoms with Gasteiger partial charge in [0.2, 0.25) is 5.91 Å². The molecule has 2 rings (SSSR count). The smallest absolute Gasteiger partial charge is 0.221 e. The number of ether oxygens (including phenoxy) is 1. The van der Waals surface area contributed by atoms with Crippen LogP contribution in [-0.2, 0) is 9.53 Å². The molecular weight excluding hydrogens is 204 g/mol. The highest BCUT2D eigenvalue weighted by Crippen LogP contribution is 2.32. The van der Waals surface area contributed by atoms with Gasteiger partial charge in [0.25, 0.3) is 0 Å². The first-order chi connectivity index (χ1) is 7.59. The molecule has 0 spiro atoms. The highest BCUT2D eigenvalue weighted by Gasteiger charge is 2.35. The van der Waals surface area contributed by atoms with Crippen LogP contribution in [0.25, 0.3) is 0 Å². The maximum absolute atomic E-state index is 11.7. The number of carbonyl (C=O) groups excluding carboxylic acids is 1. The molecule has 92 valence electrons. The summed E-state index contributed by atoms with van der Waals surface area (Å²) in [4.78, 5) is 11.7. The Morgan fingerprint density at radius 1 is 1.56 bits per heavy atom. The Morgan fingerprint density at radius 3 is 2.81 bits per heavy atom. The molecular formula is C12H22N2O2. The van der Waals surface area contributed by atoms with E-state index in [9.17, 15) is 4.79 Å². The fourth-order valence-electron chi connectivity index (χ4n) is 2.48. The summed E-state index contributed by atoms with van der Waals surface area (Å²) in [6.07, 6.45) is 4.95. The second kappa shape index (κ2) is 4.72. The molecule has 4 nitrogen and oxygen atoms in total. The van der Waals surface area contributed by atoms with Gasteiger partial charge < -0.3 is 15.8 Å². The maximum atomic E-state index is 11.7. The summed E-state index contributed by atoms with van der Waals surface area (Å²) in [6.45, 7) is 3.62. The predicted octanol–water partition coefficient (Wildman–Crippen LogP) is 0.799. The lowest BCUT2D eigenvalue weighted by Gasteiger charge is -2.37. The minimum absolute atomic E-state index is 0.0984. The van der Waals surface area contributed by atoms with Crippen LogP contribution in [0.5, 0.6) is 0 Å². The van der Waals surface area contributed by atoms with Crippen LogP contribution >= 0.6 is 0 Å². The van der Waals surface area contributed by atoms with E-state index in [2.05, 4.69) is 12.2 Å². The van der Waals surface area contributed by atoms with Crippen LogP contribution in [0.1, 0.15) is 39.0 Å². The second-order valence-electron chi connectivity index (χ2n) is 5.32. The van der Waals surface area contributed by atoms with Crippen LogP contribution in [0.3, 0.4) is 0 Å². The summed E-state index contributed by atoms with van der Waals surface area (Å²) in [5.41, 5.74) is 5.82. The highest BCUT2D eigenvalue weighted by atomic mass is 16.5. The third kappa shape index (κ3) is 2.74. The topological polar surface area (TPSA) is 64.3 Å². The average molecular weight is 226 g/mol. The molecule has 0 aromatic carbocycles. The molecule has 1 heterocycles. The zero-order chi connectivity index (χ0) is 11.6. The second-order valence-corrected chi connectivity index (χ2v) is 5.32. The van der Waals surface area contributed by atoms with Gasteiger partial charge in [-0.05, 0) is 32.6 Å². The van der Waals surface area contributed by atoms with Gasteiger partial charge in [0, 0.05) is 31.0 Å². The van der Waals surface area contributed by atoms with Gasteiger partial charge in [0.05, 0.1) is 6.10 Å². The number of carbonyl (C=O) groups is 1. The number of rotatable bonds is 4. The van der Waals surface area contributed by atoms with Crippen molar-refractivity contribution in [1.82, 2.24) is 5.32 Å². The minimum Gasteiger partial charge on any atom is -0.378 e. The number of nitrogens with one attached hydrogen (secondary N) is 1. The van der Waals surface area contributed by atoms with Crippen LogP contribution in [-0.4, -0.2) is 30.7 Å². The Kier molecular flexibility index (Phi) is 3.50. The van der Waals surface area contributed by atoms with Crippen LogP contribution in [0.4, 0.5) is 0 Å². The highest BCUT2D eigenvalue weighted by molar-refractivity contribution is 5.77. The van der Waals surface area contributed by atoms with Crippen molar-refractivity contribution in [3.63, 3.8) is 0 Å². The summed E-state index contributed by atoms with van der Waals surface area (Å²) in [5, 5.41) is 2.98. The summed E-state index contributed by atoms with van der Waals surface area (Å²) in [5.74, 6) is 0.570. The summed E-state index contributed by atoms with van der Waals surface area (Å²) < 4.78 is 5.45. The van der Waals surface area contributed by atoms with Gasteiger partial charge in [-0.15, -0.1) is 0 Å². The molecule has 1 aliphatic heterocycles. The zero-order valence-corrected chi connectivity index (χ0v) is 10.00. The molecule has 2 aliphatic rings. The number of hydrogen-bond donors (Lipinski definition) is 2. The number of nitrogens with two attached hydrogens (primary N) is 1. The van der Waals surface area contributed by atoms with E-state index in [1.807, 2.05) is 0 Å². The Balaban J connectivity index is 1.67. The SMILES string of the molecule is CC1OCCC1CNC(=O)CC1(N)CCC1. The van der Waals surface area contributed by atoms with Gasteiger partial charge in [0.1, 0.15) is 0 Å². The molecule has 0 aromatic heterocycles. The van der Waals surface area contributed by atoms with E-state index in [0.29, 0.717) is 12.3 Å². The molecule has 4 heteroatoms. The normalized spacial score (nSPS) is 32.1. The van der Waals surface area contributed by atoms with Crippen molar-refractivity contribution in [2.75, 3.05) is 13.2 Å². The summed E-state index contributed by atoms with van der Waals surface area (Å²) >= 11 is 0. The van der Waals surface area contributed by atoms with E-state index in [0.717, 1.165) is 38.8 Å². The van der Waals surface area contributed by atoms with Crippen molar-refractivity contribution >= 4 is 5.91 Å². The molecule has 1 aliphatic carbocycles. The molecule has 2 fully saturated rings. The quantitative estimate of drug-likeness (QED) is 0.745. The van der Waals surface area contributed by atoms with Crippen molar-refractivity contribution in [2.24, 2.45) is 11.7 Å². The first kappa shape index (κ1) is 11.9. The van der Waals surface area contributed by atoms with Gasteiger partial charge >= 0.3 is 0 Å². The van der Waals surface area contributed by atoms with E-state index in [1.54, 1.807) is 0 Å². The molecule has 2 atom stereocenters. The van der Waals surface area contributed by atoms with Gasteiger partial charge in [-0.25, -0.2) is 0 Å². The van der Waals surface area contributed by atoms with Gasteiger partial charge in [-0.2, -0.15) is 0 Å². The largest absolute Gasteiger partial charge is 0.378 e. The van der Waals surface area contributed by atoms with Crippen molar-refractivity contribution in [1.29, 1.82) is 0 Å². The van der Waals surface area contributed by atoms with Gasteiger partial charge in [-0.1, -0.05) is 0 Å². The van der Waals surface area contributed by atoms with Crippen LogP contribution in [0, 0.1) is 5.92 Å². The van der Waals surface area contributed by atoms with Crippen molar-refractivity contribution in [3.05, 3.63) is 0 Å². The van der Waals surface area contributed by atoms with Gasteiger partial charge in [-0.3, -0.25) is 4.79 Å². The summed E-state index contributed by atoms with van der Waals surface area (Å²) in [6, 6.07) is 0. The Labute approximate surface area is 96.9 Å². The van der Waals surface area contributed by atoms with E-state index in [4.69, 9.17) is 10.5 Å². The Bertz CT molecular complexity index is 264. The predicted molar refractivity (Wildman–Crippen MR) is 61.9 cm³/mol. The van der Waals surface area contributed by atoms with Crippen LogP contribution < -0.4 is 11.1 Å². The molecule has 0 aromatic rings. The van der Waals surface area contributed by atoms with E-state index >= 15 is 0 Å². The molecule has 0 bridgehead atoms. The lowest BCUT2D eigenvalue weighted by molar-refractivity contribution is -0.123. The first-order valence-corrected chi connectivity index (χ1v) is 6.26. The average Bonchev–Trinajstić information content (AvgIpc) is 2.59. The standard InChI is InChI=1S/C12H22N2O2/c1-9-10(3-6-16-9)8-14-11(15)7-12(13)4-2-5-12/h9-10H,2-8,13H2,1H3,(H,14,15). The first-order valence-electron chi connectivity index (χ1n) is 6.26. The molecule has 1 amide bonds. The van der Waals surface area contributed by atoms with Gasteiger partial charge in [0.15, 0.2) is 0 Å². The molecule has 3 N–H and O–H groups in total. The molecule has 0 radical (unpaired) electrons. The minimum atomic E-state index is -0.206. The monoisotopic (exact) mass is 226 g/mol. The van der Waals surface area contributed by atoms with Crippen LogP contribution in [0.2, 0.25) is 0 Å². The fourth-order valence-corrected chi connectivity index (χ4v) is 2.48. The van der Waals surface area contributed by atoms with E-state index in [1.165, 1.54) is 0 Å². The number of hydrogen-bond acceptors (Lipinski definition) is 3. The van der Waals surface area contributed by atoms with Crippen LogP contribution in [0.15, 0.2) is 0 Å². The fraction of sp³-hybridized carbons (Fsp3) is 0.917. The lowest BCUT2D eigenvalue weighted by Crippen LogP contribution is -2.50. The summed E-state index contributed by atoms with van der Waals surface area (Å²) in [7, 11) is 0. The molecule has 1 saturated heterocycles.